The van der Waals surface area contributed by atoms with Crippen molar-refractivity contribution >= 4 is 35.2 Å². The molecule has 2 rings (SSSR count). The average molecular weight is 345 g/mol. The third-order valence-electron chi connectivity index (χ3n) is 3.77. The van der Waals surface area contributed by atoms with Crippen LogP contribution in [0.25, 0.3) is 0 Å². The Kier molecular flexibility index (Phi) is 5.91. The number of carbonyl (C=O) groups excluding carboxylic acids is 2. The van der Waals surface area contributed by atoms with E-state index in [1.165, 1.54) is 7.11 Å². The zero-order valence-electron chi connectivity index (χ0n) is 12.3. The second kappa shape index (κ2) is 7.70. The summed E-state index contributed by atoms with van der Waals surface area (Å²) in [6.07, 6.45) is 1.38. The van der Waals surface area contributed by atoms with Crippen LogP contribution in [0.5, 0.6) is 0 Å². The van der Waals surface area contributed by atoms with Crippen LogP contribution in [0.4, 0.5) is 4.79 Å². The van der Waals surface area contributed by atoms with Crippen molar-refractivity contribution in [1.29, 1.82) is 0 Å². The third-order valence-corrected chi connectivity index (χ3v) is 4.32. The zero-order chi connectivity index (χ0) is 16.1. The number of methoxy groups -OCH3 is 1. The first kappa shape index (κ1) is 16.9. The van der Waals surface area contributed by atoms with Crippen LogP contribution in [0.1, 0.15) is 23.2 Å². The van der Waals surface area contributed by atoms with E-state index < -0.39 is 0 Å². The van der Waals surface area contributed by atoms with Crippen LogP contribution < -0.4 is 5.32 Å². The molecule has 1 aromatic carbocycles. The van der Waals surface area contributed by atoms with E-state index in [2.05, 4.69) is 5.32 Å². The van der Waals surface area contributed by atoms with Gasteiger partial charge in [-0.15, -0.1) is 0 Å². The number of halogens is 2. The zero-order valence-corrected chi connectivity index (χ0v) is 13.8. The smallest absolute Gasteiger partial charge is 0.409 e. The lowest BCUT2D eigenvalue weighted by Crippen LogP contribution is -2.41. The summed E-state index contributed by atoms with van der Waals surface area (Å²) in [4.78, 5) is 25.2. The molecule has 1 N–H and O–H groups in total. The topological polar surface area (TPSA) is 58.6 Å². The van der Waals surface area contributed by atoms with Crippen molar-refractivity contribution in [3.8, 4) is 0 Å². The Morgan fingerprint density at radius 1 is 1.32 bits per heavy atom. The van der Waals surface area contributed by atoms with Crippen molar-refractivity contribution < 1.29 is 14.3 Å². The molecule has 0 unspecified atom stereocenters. The molecule has 0 aliphatic carbocycles. The molecule has 7 heteroatoms. The van der Waals surface area contributed by atoms with E-state index in [0.29, 0.717) is 41.2 Å². The van der Waals surface area contributed by atoms with Crippen molar-refractivity contribution in [2.24, 2.45) is 5.92 Å². The summed E-state index contributed by atoms with van der Waals surface area (Å²) in [7, 11) is 1.38. The van der Waals surface area contributed by atoms with Gasteiger partial charge in [0.25, 0.3) is 5.91 Å². The minimum atomic E-state index is -0.296. The van der Waals surface area contributed by atoms with Gasteiger partial charge in [0.05, 0.1) is 17.7 Å². The minimum absolute atomic E-state index is 0.211. The Hall–Kier alpha value is -1.46. The molecule has 0 saturated carbocycles. The van der Waals surface area contributed by atoms with Gasteiger partial charge in [0, 0.05) is 24.7 Å². The van der Waals surface area contributed by atoms with Gasteiger partial charge < -0.3 is 15.0 Å². The van der Waals surface area contributed by atoms with Gasteiger partial charge in [-0.2, -0.15) is 0 Å². The summed E-state index contributed by atoms with van der Waals surface area (Å²) in [5.41, 5.74) is 0.415. The summed E-state index contributed by atoms with van der Waals surface area (Å²) in [5, 5.41) is 3.72. The maximum Gasteiger partial charge on any atom is 0.409 e. The molecule has 0 bridgehead atoms. The van der Waals surface area contributed by atoms with Gasteiger partial charge in [-0.1, -0.05) is 23.2 Å². The molecule has 1 aromatic rings. The molecule has 0 atom stereocenters. The molecule has 1 saturated heterocycles. The Labute approximate surface area is 139 Å². The van der Waals surface area contributed by atoms with Crippen molar-refractivity contribution in [2.75, 3.05) is 26.7 Å². The van der Waals surface area contributed by atoms with Crippen LogP contribution >= 0.6 is 23.2 Å². The summed E-state index contributed by atoms with van der Waals surface area (Å²) in [6, 6.07) is 4.80. The van der Waals surface area contributed by atoms with Gasteiger partial charge in [0.2, 0.25) is 0 Å². The number of piperidine rings is 1. The standard InChI is InChI=1S/C15H18Cl2N2O3/c1-22-15(21)19-6-4-10(5-7-19)9-18-14(20)12-3-2-11(16)8-13(12)17/h2-3,8,10H,4-7,9H2,1H3,(H,18,20). The second-order valence-electron chi connectivity index (χ2n) is 5.23. The Balaban J connectivity index is 1.81. The monoisotopic (exact) mass is 344 g/mol. The summed E-state index contributed by atoms with van der Waals surface area (Å²) in [5.74, 6) is 0.132. The summed E-state index contributed by atoms with van der Waals surface area (Å²) < 4.78 is 4.70. The first-order valence-corrected chi connectivity index (χ1v) is 7.83. The van der Waals surface area contributed by atoms with Gasteiger partial charge in [-0.25, -0.2) is 4.79 Å². The number of amides is 2. The number of benzene rings is 1. The van der Waals surface area contributed by atoms with Gasteiger partial charge in [-0.05, 0) is 37.0 Å². The lowest BCUT2D eigenvalue weighted by Gasteiger charge is -2.30. The molecule has 1 heterocycles. The number of nitrogens with one attached hydrogen (secondary N) is 1. The van der Waals surface area contributed by atoms with Gasteiger partial charge in [0.15, 0.2) is 0 Å². The number of ether oxygens (including phenoxy) is 1. The van der Waals surface area contributed by atoms with E-state index in [1.807, 2.05) is 0 Å². The number of likely N-dealkylation sites (tertiary alicyclic amines) is 1. The average Bonchev–Trinajstić information content (AvgIpc) is 2.52. The first-order chi connectivity index (χ1) is 10.5. The Morgan fingerprint density at radius 2 is 2.00 bits per heavy atom. The fourth-order valence-electron chi connectivity index (χ4n) is 2.45. The van der Waals surface area contributed by atoms with Crippen LogP contribution in [0.3, 0.4) is 0 Å². The largest absolute Gasteiger partial charge is 0.453 e. The normalized spacial score (nSPS) is 15.5. The van der Waals surface area contributed by atoms with Crippen LogP contribution in [-0.4, -0.2) is 43.6 Å². The van der Waals surface area contributed by atoms with E-state index in [9.17, 15) is 9.59 Å². The lowest BCUT2D eigenvalue weighted by atomic mass is 9.97. The molecular formula is C15H18Cl2N2O3. The van der Waals surface area contributed by atoms with Gasteiger partial charge in [0.1, 0.15) is 0 Å². The van der Waals surface area contributed by atoms with E-state index in [-0.39, 0.29) is 12.0 Å². The quantitative estimate of drug-likeness (QED) is 0.915. The lowest BCUT2D eigenvalue weighted by molar-refractivity contribution is 0.0914. The predicted molar refractivity (Wildman–Crippen MR) is 85.5 cm³/mol. The van der Waals surface area contributed by atoms with Crippen LogP contribution in [-0.2, 0) is 4.74 Å². The van der Waals surface area contributed by atoms with Gasteiger partial charge in [-0.3, -0.25) is 4.79 Å². The number of nitrogens with zero attached hydrogens (tertiary/aromatic N) is 1. The Bertz CT molecular complexity index is 558. The fraction of sp³-hybridized carbons (Fsp3) is 0.467. The second-order valence-corrected chi connectivity index (χ2v) is 6.08. The molecule has 120 valence electrons. The Morgan fingerprint density at radius 3 is 2.59 bits per heavy atom. The highest BCUT2D eigenvalue weighted by Crippen LogP contribution is 2.21. The molecule has 0 spiro atoms. The highest BCUT2D eigenvalue weighted by atomic mass is 35.5. The van der Waals surface area contributed by atoms with Crippen LogP contribution in [0.15, 0.2) is 18.2 Å². The van der Waals surface area contributed by atoms with E-state index in [4.69, 9.17) is 27.9 Å². The van der Waals surface area contributed by atoms with E-state index in [0.717, 1.165) is 12.8 Å². The molecule has 5 nitrogen and oxygen atoms in total. The number of rotatable bonds is 3. The summed E-state index contributed by atoms with van der Waals surface area (Å²) >= 11 is 11.8. The van der Waals surface area contributed by atoms with Crippen molar-refractivity contribution in [3.63, 3.8) is 0 Å². The maximum absolute atomic E-state index is 12.1. The van der Waals surface area contributed by atoms with Crippen molar-refractivity contribution in [3.05, 3.63) is 33.8 Å². The third kappa shape index (κ3) is 4.27. The molecular weight excluding hydrogens is 327 g/mol. The molecule has 22 heavy (non-hydrogen) atoms. The number of carbonyl (C=O) groups is 2. The number of hydrogen-bond donors (Lipinski definition) is 1. The van der Waals surface area contributed by atoms with Crippen molar-refractivity contribution in [1.82, 2.24) is 10.2 Å². The maximum atomic E-state index is 12.1. The molecule has 0 aromatic heterocycles. The minimum Gasteiger partial charge on any atom is -0.453 e. The molecule has 1 fully saturated rings. The number of hydrogen-bond acceptors (Lipinski definition) is 3. The van der Waals surface area contributed by atoms with E-state index >= 15 is 0 Å². The SMILES string of the molecule is COC(=O)N1CCC(CNC(=O)c2ccc(Cl)cc2Cl)CC1. The highest BCUT2D eigenvalue weighted by molar-refractivity contribution is 6.36. The van der Waals surface area contributed by atoms with E-state index in [1.54, 1.807) is 23.1 Å². The predicted octanol–water partition coefficient (Wildman–Crippen LogP) is 3.20. The highest BCUT2D eigenvalue weighted by Gasteiger charge is 2.23. The molecule has 1 aliphatic rings. The van der Waals surface area contributed by atoms with Crippen LogP contribution in [0.2, 0.25) is 10.0 Å². The van der Waals surface area contributed by atoms with Gasteiger partial charge >= 0.3 is 6.09 Å². The first-order valence-electron chi connectivity index (χ1n) is 7.07. The molecule has 0 radical (unpaired) electrons. The fourth-order valence-corrected chi connectivity index (χ4v) is 2.95. The van der Waals surface area contributed by atoms with Crippen molar-refractivity contribution in [2.45, 2.75) is 12.8 Å². The molecule has 1 aliphatic heterocycles. The van der Waals surface area contributed by atoms with Crippen LogP contribution in [0, 0.1) is 5.92 Å². The summed E-state index contributed by atoms with van der Waals surface area (Å²) in [6.45, 7) is 1.86. The molecule has 2 amide bonds.